The van der Waals surface area contributed by atoms with E-state index in [-0.39, 0.29) is 18.6 Å². The molecule has 1 N–H and O–H groups in total. The number of esters is 1. The molecule has 0 saturated carbocycles. The normalized spacial score (nSPS) is 12.4. The largest absolute Gasteiger partial charge is 0.460 e. The molecule has 1 atom stereocenters. The van der Waals surface area contributed by atoms with Gasteiger partial charge in [-0.1, -0.05) is 90.7 Å². The molecule has 0 bridgehead atoms. The first kappa shape index (κ1) is 22.3. The number of carbonyl (C=O) groups is 1. The molecule has 3 aromatic carbocycles. The smallest absolute Gasteiger partial charge is 0.324 e. The Bertz CT molecular complexity index is 1100. The molecule has 0 aliphatic carbocycles. The summed E-state index contributed by atoms with van der Waals surface area (Å²) in [5.41, 5.74) is 1.38. The first-order valence-electron chi connectivity index (χ1n) is 10.6. The molecule has 0 saturated heterocycles. The summed E-state index contributed by atoms with van der Waals surface area (Å²) in [6.45, 7) is 6.67. The minimum atomic E-state index is -0.858. The minimum Gasteiger partial charge on any atom is -0.460 e. The van der Waals surface area contributed by atoms with E-state index < -0.39 is 5.41 Å². The molecule has 0 fully saturated rings. The SMILES string of the molecule is C[C@@H](NCC=CC#CC(C)(C)C(=O)OCc1ccccc1)c1cccc2ccccc12. The highest BCUT2D eigenvalue weighted by atomic mass is 16.5. The first-order valence-corrected chi connectivity index (χ1v) is 10.6. The minimum absolute atomic E-state index is 0.216. The molecule has 0 amide bonds. The van der Waals surface area contributed by atoms with Gasteiger partial charge in [0.15, 0.2) is 0 Å². The number of carbonyl (C=O) groups excluding carboxylic acids is 1. The zero-order chi connectivity index (χ0) is 22.1. The lowest BCUT2D eigenvalue weighted by molar-refractivity contribution is -0.152. The second kappa shape index (κ2) is 10.6. The number of benzene rings is 3. The van der Waals surface area contributed by atoms with Gasteiger partial charge in [-0.3, -0.25) is 4.79 Å². The highest BCUT2D eigenvalue weighted by Gasteiger charge is 2.26. The summed E-state index contributed by atoms with van der Waals surface area (Å²) in [5.74, 6) is 5.66. The van der Waals surface area contributed by atoms with Crippen LogP contribution in [0.4, 0.5) is 0 Å². The third-order valence-electron chi connectivity index (χ3n) is 5.14. The van der Waals surface area contributed by atoms with Gasteiger partial charge in [-0.2, -0.15) is 0 Å². The van der Waals surface area contributed by atoms with Crippen molar-refractivity contribution in [2.24, 2.45) is 5.41 Å². The molecule has 0 spiro atoms. The van der Waals surface area contributed by atoms with E-state index in [1.54, 1.807) is 19.9 Å². The van der Waals surface area contributed by atoms with Crippen molar-refractivity contribution in [2.45, 2.75) is 33.4 Å². The molecule has 0 unspecified atom stereocenters. The van der Waals surface area contributed by atoms with Crippen molar-refractivity contribution in [1.29, 1.82) is 0 Å². The van der Waals surface area contributed by atoms with Gasteiger partial charge >= 0.3 is 5.97 Å². The number of hydrogen-bond donors (Lipinski definition) is 1. The van der Waals surface area contributed by atoms with E-state index in [1.807, 2.05) is 36.4 Å². The van der Waals surface area contributed by atoms with Gasteiger partial charge in [0, 0.05) is 12.6 Å². The summed E-state index contributed by atoms with van der Waals surface area (Å²) >= 11 is 0. The Hall–Kier alpha value is -3.35. The monoisotopic (exact) mass is 411 g/mol. The van der Waals surface area contributed by atoms with Crippen LogP contribution in [0, 0.1) is 17.3 Å². The first-order chi connectivity index (χ1) is 15.0. The molecule has 3 nitrogen and oxygen atoms in total. The van der Waals surface area contributed by atoms with Crippen molar-refractivity contribution < 1.29 is 9.53 Å². The van der Waals surface area contributed by atoms with E-state index in [2.05, 4.69) is 66.5 Å². The van der Waals surface area contributed by atoms with Gasteiger partial charge in [-0.15, -0.1) is 0 Å². The maximum Gasteiger partial charge on any atom is 0.324 e. The van der Waals surface area contributed by atoms with Crippen LogP contribution in [0.15, 0.2) is 84.9 Å². The van der Waals surface area contributed by atoms with Gasteiger partial charge < -0.3 is 10.1 Å². The van der Waals surface area contributed by atoms with E-state index >= 15 is 0 Å². The van der Waals surface area contributed by atoms with Crippen molar-refractivity contribution in [2.75, 3.05) is 6.54 Å². The van der Waals surface area contributed by atoms with Crippen LogP contribution in [-0.4, -0.2) is 12.5 Å². The lowest BCUT2D eigenvalue weighted by Crippen LogP contribution is -2.24. The average Bonchev–Trinajstić information content (AvgIpc) is 2.79. The van der Waals surface area contributed by atoms with Crippen molar-refractivity contribution >= 4 is 16.7 Å². The lowest BCUT2D eigenvalue weighted by atomic mass is 9.95. The molecule has 0 aliphatic heterocycles. The van der Waals surface area contributed by atoms with Crippen molar-refractivity contribution in [1.82, 2.24) is 5.32 Å². The van der Waals surface area contributed by atoms with Crippen LogP contribution in [0.1, 0.15) is 37.9 Å². The quantitative estimate of drug-likeness (QED) is 0.393. The number of fused-ring (bicyclic) bond motifs is 1. The lowest BCUT2D eigenvalue weighted by Gasteiger charge is -2.16. The Morgan fingerprint density at radius 2 is 1.74 bits per heavy atom. The standard InChI is InChI=1S/C28H29NO2/c1-22(25-18-12-16-24-15-8-9-17-26(24)25)29-20-11-5-10-19-28(2,3)27(30)31-21-23-13-6-4-7-14-23/h4-9,11-18,22,29H,20-21H2,1-3H3/t22-/m1/s1. The Morgan fingerprint density at radius 1 is 1.03 bits per heavy atom. The molecular weight excluding hydrogens is 382 g/mol. The summed E-state index contributed by atoms with van der Waals surface area (Å²) in [6.07, 6.45) is 3.76. The molecule has 0 aliphatic rings. The highest BCUT2D eigenvalue weighted by molar-refractivity contribution is 5.86. The Labute approximate surface area is 185 Å². The van der Waals surface area contributed by atoms with E-state index in [0.717, 1.165) is 5.56 Å². The Kier molecular flexibility index (Phi) is 7.65. The van der Waals surface area contributed by atoms with Crippen LogP contribution in [-0.2, 0) is 16.1 Å². The van der Waals surface area contributed by atoms with E-state index in [1.165, 1.54) is 16.3 Å². The van der Waals surface area contributed by atoms with E-state index in [4.69, 9.17) is 4.74 Å². The second-order valence-electron chi connectivity index (χ2n) is 8.06. The number of ether oxygens (including phenoxy) is 1. The number of allylic oxidation sites excluding steroid dienone is 1. The molecule has 31 heavy (non-hydrogen) atoms. The fraction of sp³-hybridized carbons (Fsp3) is 0.250. The number of rotatable bonds is 7. The molecule has 0 heterocycles. The Morgan fingerprint density at radius 3 is 2.55 bits per heavy atom. The van der Waals surface area contributed by atoms with Crippen molar-refractivity contribution in [3.63, 3.8) is 0 Å². The number of hydrogen-bond acceptors (Lipinski definition) is 3. The predicted octanol–water partition coefficient (Wildman–Crippen LogP) is 5.82. The predicted molar refractivity (Wildman–Crippen MR) is 127 cm³/mol. The van der Waals surface area contributed by atoms with Crippen LogP contribution in [0.3, 0.4) is 0 Å². The van der Waals surface area contributed by atoms with Gasteiger partial charge in [0.25, 0.3) is 0 Å². The summed E-state index contributed by atoms with van der Waals surface area (Å²) in [4.78, 5) is 12.4. The summed E-state index contributed by atoms with van der Waals surface area (Å²) in [5, 5.41) is 6.02. The van der Waals surface area contributed by atoms with Crippen molar-refractivity contribution in [3.05, 3.63) is 96.1 Å². The zero-order valence-corrected chi connectivity index (χ0v) is 18.4. The van der Waals surface area contributed by atoms with Crippen LogP contribution < -0.4 is 5.32 Å². The molecule has 3 heteroatoms. The summed E-state index contributed by atoms with van der Waals surface area (Å²) in [6, 6.07) is 24.7. The molecule has 158 valence electrons. The summed E-state index contributed by atoms with van der Waals surface area (Å²) in [7, 11) is 0. The van der Waals surface area contributed by atoms with Crippen LogP contribution in [0.5, 0.6) is 0 Å². The van der Waals surface area contributed by atoms with Gasteiger partial charge in [-0.25, -0.2) is 0 Å². The highest BCUT2D eigenvalue weighted by Crippen LogP contribution is 2.23. The maximum absolute atomic E-state index is 12.4. The molecule has 3 rings (SSSR count). The Balaban J connectivity index is 1.49. The average molecular weight is 412 g/mol. The fourth-order valence-electron chi connectivity index (χ4n) is 3.28. The summed E-state index contributed by atoms with van der Waals surface area (Å²) < 4.78 is 5.41. The maximum atomic E-state index is 12.4. The number of nitrogens with one attached hydrogen (secondary N) is 1. The van der Waals surface area contributed by atoms with Gasteiger partial charge in [0.1, 0.15) is 12.0 Å². The van der Waals surface area contributed by atoms with Gasteiger partial charge in [-0.05, 0) is 48.7 Å². The van der Waals surface area contributed by atoms with Crippen LogP contribution in [0.2, 0.25) is 0 Å². The molecular formula is C28H29NO2. The van der Waals surface area contributed by atoms with E-state index in [9.17, 15) is 4.79 Å². The van der Waals surface area contributed by atoms with Gasteiger partial charge in [0.2, 0.25) is 0 Å². The topological polar surface area (TPSA) is 38.3 Å². The molecule has 3 aromatic rings. The van der Waals surface area contributed by atoms with Gasteiger partial charge in [0.05, 0.1) is 0 Å². The van der Waals surface area contributed by atoms with Crippen molar-refractivity contribution in [3.8, 4) is 11.8 Å². The second-order valence-corrected chi connectivity index (χ2v) is 8.06. The zero-order valence-electron chi connectivity index (χ0n) is 18.4. The van der Waals surface area contributed by atoms with Crippen LogP contribution >= 0.6 is 0 Å². The van der Waals surface area contributed by atoms with E-state index in [0.29, 0.717) is 6.54 Å². The van der Waals surface area contributed by atoms with Crippen LogP contribution in [0.25, 0.3) is 10.8 Å². The third kappa shape index (κ3) is 6.31. The molecule has 0 radical (unpaired) electrons. The molecule has 0 aromatic heterocycles. The fourth-order valence-corrected chi connectivity index (χ4v) is 3.28. The third-order valence-corrected chi connectivity index (χ3v) is 5.14.